The van der Waals surface area contributed by atoms with Crippen LogP contribution in [0.15, 0.2) is 41.3 Å². The predicted molar refractivity (Wildman–Crippen MR) is 99.7 cm³/mol. The highest BCUT2D eigenvalue weighted by Crippen LogP contribution is 2.24. The van der Waals surface area contributed by atoms with Crippen molar-refractivity contribution in [3.8, 4) is 5.75 Å². The number of nitrogens with zero attached hydrogens (tertiary/aromatic N) is 2. The number of anilines is 2. The van der Waals surface area contributed by atoms with Crippen molar-refractivity contribution in [2.24, 2.45) is 0 Å². The molecule has 0 spiro atoms. The van der Waals surface area contributed by atoms with Crippen molar-refractivity contribution in [2.45, 2.75) is 20.4 Å². The van der Waals surface area contributed by atoms with E-state index in [1.54, 1.807) is 19.9 Å². The molecular weight excluding hydrogens is 371 g/mol. The Labute approximate surface area is 159 Å². The molecule has 0 saturated carbocycles. The van der Waals surface area contributed by atoms with E-state index < -0.39 is 17.2 Å². The topological polar surface area (TPSA) is 56.1 Å². The van der Waals surface area contributed by atoms with E-state index in [4.69, 9.17) is 4.74 Å². The zero-order valence-electron chi connectivity index (χ0n) is 15.5. The summed E-state index contributed by atoms with van der Waals surface area (Å²) < 4.78 is 47.0. The highest BCUT2D eigenvalue weighted by molar-refractivity contribution is 5.60. The minimum atomic E-state index is -0.974. The van der Waals surface area contributed by atoms with Crippen LogP contribution in [0.1, 0.15) is 16.7 Å². The first kappa shape index (κ1) is 19.5. The Morgan fingerprint density at radius 3 is 2.46 bits per heavy atom. The maximum atomic E-state index is 13.7. The van der Waals surface area contributed by atoms with Gasteiger partial charge >= 0.3 is 5.56 Å². The summed E-state index contributed by atoms with van der Waals surface area (Å²) in [6.45, 7) is 3.43. The monoisotopic (exact) mass is 389 g/mol. The molecule has 0 amide bonds. The molecule has 146 valence electrons. The number of methoxy groups -OCH3 is 1. The Balaban J connectivity index is 2.04. The molecule has 28 heavy (non-hydrogen) atoms. The van der Waals surface area contributed by atoms with Gasteiger partial charge in [-0.25, -0.2) is 13.2 Å². The number of nitrogens with one attached hydrogen (secondary N) is 1. The summed E-state index contributed by atoms with van der Waals surface area (Å²) in [6, 6.07) is 6.50. The first-order chi connectivity index (χ1) is 13.3. The number of halogens is 3. The van der Waals surface area contributed by atoms with Crippen LogP contribution in [-0.2, 0) is 6.54 Å². The largest absolute Gasteiger partial charge is 0.490 e. The number of hydrogen-bond acceptors (Lipinski definition) is 4. The van der Waals surface area contributed by atoms with Crippen LogP contribution >= 0.6 is 0 Å². The lowest BCUT2D eigenvalue weighted by atomic mass is 10.1. The second-order valence-corrected chi connectivity index (χ2v) is 6.36. The summed E-state index contributed by atoms with van der Waals surface area (Å²) in [4.78, 5) is 16.1. The molecule has 0 aliphatic carbocycles. The van der Waals surface area contributed by atoms with Gasteiger partial charge in [0, 0.05) is 5.69 Å². The zero-order chi connectivity index (χ0) is 20.4. The van der Waals surface area contributed by atoms with Crippen molar-refractivity contribution < 1.29 is 17.9 Å². The SMILES string of the molecule is COc1cn(Cc2ccc(F)c(F)c2)c(Nc2cc(C)c(F)cc2C)nc1=O. The predicted octanol–water partition coefficient (Wildman–Crippen LogP) is 4.08. The van der Waals surface area contributed by atoms with Crippen LogP contribution in [0.2, 0.25) is 0 Å². The summed E-state index contributed by atoms with van der Waals surface area (Å²) in [6.07, 6.45) is 1.42. The van der Waals surface area contributed by atoms with Gasteiger partial charge < -0.3 is 14.6 Å². The number of rotatable bonds is 5. The fourth-order valence-electron chi connectivity index (χ4n) is 2.70. The van der Waals surface area contributed by atoms with Gasteiger partial charge in [0.2, 0.25) is 11.7 Å². The lowest BCUT2D eigenvalue weighted by Gasteiger charge is -2.17. The molecule has 0 fully saturated rings. The van der Waals surface area contributed by atoms with Gasteiger partial charge in [0.25, 0.3) is 0 Å². The van der Waals surface area contributed by atoms with Gasteiger partial charge in [-0.2, -0.15) is 4.98 Å². The van der Waals surface area contributed by atoms with Crippen LogP contribution in [0.5, 0.6) is 5.75 Å². The molecule has 0 aliphatic heterocycles. The molecule has 0 saturated heterocycles. The number of ether oxygens (including phenoxy) is 1. The Kier molecular flexibility index (Phi) is 5.39. The Morgan fingerprint density at radius 2 is 1.79 bits per heavy atom. The normalized spacial score (nSPS) is 10.8. The van der Waals surface area contributed by atoms with E-state index in [1.165, 1.54) is 30.0 Å². The van der Waals surface area contributed by atoms with E-state index in [0.29, 0.717) is 22.4 Å². The van der Waals surface area contributed by atoms with Gasteiger partial charge in [-0.05, 0) is 54.8 Å². The second-order valence-electron chi connectivity index (χ2n) is 6.36. The van der Waals surface area contributed by atoms with Gasteiger partial charge in [0.1, 0.15) is 5.82 Å². The molecule has 0 bridgehead atoms. The van der Waals surface area contributed by atoms with Gasteiger partial charge in [-0.1, -0.05) is 6.07 Å². The van der Waals surface area contributed by atoms with E-state index in [9.17, 15) is 18.0 Å². The summed E-state index contributed by atoms with van der Waals surface area (Å²) in [5.74, 6) is -2.11. The molecule has 0 aliphatic rings. The maximum absolute atomic E-state index is 13.7. The van der Waals surface area contributed by atoms with E-state index in [2.05, 4.69) is 10.3 Å². The molecule has 3 aromatic rings. The number of aryl methyl sites for hydroxylation is 2. The molecule has 1 N–H and O–H groups in total. The average molecular weight is 389 g/mol. The van der Waals surface area contributed by atoms with Crippen LogP contribution in [0.4, 0.5) is 24.8 Å². The van der Waals surface area contributed by atoms with Crippen molar-refractivity contribution in [2.75, 3.05) is 12.4 Å². The van der Waals surface area contributed by atoms with Gasteiger partial charge in [-0.3, -0.25) is 4.79 Å². The average Bonchev–Trinajstić information content (AvgIpc) is 2.64. The lowest BCUT2D eigenvalue weighted by Crippen LogP contribution is -2.19. The summed E-state index contributed by atoms with van der Waals surface area (Å²) in [5.41, 5.74) is 1.48. The molecule has 0 atom stereocenters. The van der Waals surface area contributed by atoms with Gasteiger partial charge in [0.05, 0.1) is 19.9 Å². The first-order valence-corrected chi connectivity index (χ1v) is 8.41. The van der Waals surface area contributed by atoms with Crippen molar-refractivity contribution in [3.05, 3.63) is 81.0 Å². The first-order valence-electron chi connectivity index (χ1n) is 8.41. The summed E-state index contributed by atoms with van der Waals surface area (Å²) in [7, 11) is 1.33. The molecule has 0 unspecified atom stereocenters. The van der Waals surface area contributed by atoms with Crippen molar-refractivity contribution >= 4 is 11.6 Å². The zero-order valence-corrected chi connectivity index (χ0v) is 15.5. The van der Waals surface area contributed by atoms with Crippen LogP contribution in [0.3, 0.4) is 0 Å². The van der Waals surface area contributed by atoms with E-state index >= 15 is 0 Å². The summed E-state index contributed by atoms with van der Waals surface area (Å²) in [5, 5.41) is 3.01. The third kappa shape index (κ3) is 4.00. The molecule has 1 aromatic heterocycles. The number of aromatic nitrogens is 2. The van der Waals surface area contributed by atoms with Crippen molar-refractivity contribution in [3.63, 3.8) is 0 Å². The molecule has 1 heterocycles. The van der Waals surface area contributed by atoms with E-state index in [1.807, 2.05) is 0 Å². The van der Waals surface area contributed by atoms with E-state index in [-0.39, 0.29) is 24.1 Å². The summed E-state index contributed by atoms with van der Waals surface area (Å²) >= 11 is 0. The van der Waals surface area contributed by atoms with Crippen molar-refractivity contribution in [1.29, 1.82) is 0 Å². The molecular formula is C20H18F3N3O2. The smallest absolute Gasteiger partial charge is 0.316 e. The Morgan fingerprint density at radius 1 is 1.04 bits per heavy atom. The minimum absolute atomic E-state index is 0.000132. The number of benzene rings is 2. The molecule has 2 aromatic carbocycles. The van der Waals surface area contributed by atoms with E-state index in [0.717, 1.165) is 12.1 Å². The van der Waals surface area contributed by atoms with Crippen LogP contribution in [0, 0.1) is 31.3 Å². The molecule has 5 nitrogen and oxygen atoms in total. The third-order valence-corrected chi connectivity index (χ3v) is 4.27. The maximum Gasteiger partial charge on any atom is 0.316 e. The Bertz CT molecular complexity index is 1100. The van der Waals surface area contributed by atoms with Crippen molar-refractivity contribution in [1.82, 2.24) is 9.55 Å². The highest BCUT2D eigenvalue weighted by Gasteiger charge is 2.13. The van der Waals surface area contributed by atoms with Gasteiger partial charge in [-0.15, -0.1) is 0 Å². The Hall–Kier alpha value is -3.29. The van der Waals surface area contributed by atoms with Crippen LogP contribution < -0.4 is 15.6 Å². The second kappa shape index (κ2) is 7.75. The molecule has 3 rings (SSSR count). The minimum Gasteiger partial charge on any atom is -0.490 e. The fraction of sp³-hybridized carbons (Fsp3) is 0.200. The number of hydrogen-bond donors (Lipinski definition) is 1. The fourth-order valence-corrected chi connectivity index (χ4v) is 2.70. The molecule has 0 radical (unpaired) electrons. The van der Waals surface area contributed by atoms with Crippen LogP contribution in [0.25, 0.3) is 0 Å². The third-order valence-electron chi connectivity index (χ3n) is 4.27. The van der Waals surface area contributed by atoms with Crippen LogP contribution in [-0.4, -0.2) is 16.7 Å². The standard InChI is InChI=1S/C20H18F3N3O2/c1-11-7-17(12(2)6-15(11)22)24-20-25-19(27)18(28-3)10-26(20)9-13-4-5-14(21)16(23)8-13/h4-8,10H,9H2,1-3H3,(H,24,25,27). The quantitative estimate of drug-likeness (QED) is 0.715. The lowest BCUT2D eigenvalue weighted by molar-refractivity contribution is 0.402. The molecule has 8 heteroatoms. The highest BCUT2D eigenvalue weighted by atomic mass is 19.2. The van der Waals surface area contributed by atoms with Gasteiger partial charge in [0.15, 0.2) is 11.6 Å².